The summed E-state index contributed by atoms with van der Waals surface area (Å²) in [4.78, 5) is 26.1. The van der Waals surface area contributed by atoms with Gasteiger partial charge in [-0.05, 0) is 40.3 Å². The monoisotopic (exact) mass is 310 g/mol. The van der Waals surface area contributed by atoms with Crippen molar-refractivity contribution in [3.05, 3.63) is 24.3 Å². The molecule has 0 amide bonds. The van der Waals surface area contributed by atoms with E-state index < -0.39 is 0 Å². The maximum absolute atomic E-state index is 11.0. The van der Waals surface area contributed by atoms with E-state index >= 15 is 0 Å². The van der Waals surface area contributed by atoms with Crippen LogP contribution in [0.3, 0.4) is 0 Å². The summed E-state index contributed by atoms with van der Waals surface area (Å²) in [7, 11) is 7.91. The molecule has 0 fully saturated rings. The lowest BCUT2D eigenvalue weighted by Crippen LogP contribution is -2.11. The molecule has 4 heteroatoms. The second-order valence-electron chi connectivity index (χ2n) is 6.44. The largest absolute Gasteiger partial charge is 0.306 e. The molecule has 0 aliphatic carbocycles. The summed E-state index contributed by atoms with van der Waals surface area (Å²) < 4.78 is 0. The Morgan fingerprint density at radius 1 is 0.727 bits per heavy atom. The summed E-state index contributed by atoms with van der Waals surface area (Å²) in [5.41, 5.74) is 0. The highest BCUT2D eigenvalue weighted by Crippen LogP contribution is 1.95. The van der Waals surface area contributed by atoms with E-state index in [1.165, 1.54) is 0 Å². The van der Waals surface area contributed by atoms with Crippen molar-refractivity contribution >= 4 is 11.6 Å². The van der Waals surface area contributed by atoms with Gasteiger partial charge in [0.1, 0.15) is 0 Å². The van der Waals surface area contributed by atoms with Crippen molar-refractivity contribution in [3.8, 4) is 0 Å². The topological polar surface area (TPSA) is 40.6 Å². The number of carbonyl (C=O) groups is 2. The van der Waals surface area contributed by atoms with Crippen molar-refractivity contribution in [2.75, 3.05) is 41.3 Å². The molecule has 128 valence electrons. The Kier molecular flexibility index (Phi) is 14.0. The van der Waals surface area contributed by atoms with Crippen LogP contribution in [-0.2, 0) is 9.59 Å². The first kappa shape index (κ1) is 23.0. The third-order valence-corrected chi connectivity index (χ3v) is 2.64. The molecule has 0 aromatic heterocycles. The van der Waals surface area contributed by atoms with E-state index in [9.17, 15) is 9.59 Å². The average molecular weight is 310 g/mol. The van der Waals surface area contributed by atoms with Gasteiger partial charge in [-0.1, -0.05) is 39.8 Å². The first-order valence-corrected chi connectivity index (χ1v) is 7.78. The van der Waals surface area contributed by atoms with Crippen LogP contribution in [-0.4, -0.2) is 62.6 Å². The van der Waals surface area contributed by atoms with Crippen molar-refractivity contribution < 1.29 is 9.59 Å². The highest BCUT2D eigenvalue weighted by Gasteiger charge is 2.01. The molecule has 0 rings (SSSR count). The molecule has 0 unspecified atom stereocenters. The van der Waals surface area contributed by atoms with Crippen LogP contribution in [0.2, 0.25) is 0 Å². The van der Waals surface area contributed by atoms with Gasteiger partial charge in [0.15, 0.2) is 11.6 Å². The molecule has 0 heterocycles. The van der Waals surface area contributed by atoms with Gasteiger partial charge in [0.25, 0.3) is 0 Å². The van der Waals surface area contributed by atoms with Gasteiger partial charge in [-0.25, -0.2) is 0 Å². The average Bonchev–Trinajstić information content (AvgIpc) is 2.38. The van der Waals surface area contributed by atoms with Crippen molar-refractivity contribution in [1.29, 1.82) is 0 Å². The summed E-state index contributed by atoms with van der Waals surface area (Å²) in [5, 5.41) is 0. The Morgan fingerprint density at radius 3 is 1.18 bits per heavy atom. The molecule has 0 aromatic carbocycles. The number of allylic oxidation sites excluding steroid dienone is 2. The molecule has 0 atom stereocenters. The summed E-state index contributed by atoms with van der Waals surface area (Å²) in [6.07, 6.45) is 7.10. The number of hydrogen-bond acceptors (Lipinski definition) is 4. The van der Waals surface area contributed by atoms with Crippen LogP contribution in [0.15, 0.2) is 24.3 Å². The molecule has 22 heavy (non-hydrogen) atoms. The molecule has 0 aromatic rings. The number of ketones is 2. The smallest absolute Gasteiger partial charge is 0.157 e. The zero-order chi connectivity index (χ0) is 17.7. The van der Waals surface area contributed by atoms with Crippen LogP contribution in [0.4, 0.5) is 0 Å². The van der Waals surface area contributed by atoms with E-state index in [1.54, 1.807) is 12.2 Å². The van der Waals surface area contributed by atoms with Gasteiger partial charge < -0.3 is 9.80 Å². The molecule has 0 spiro atoms. The summed E-state index contributed by atoms with van der Waals surface area (Å²) in [6.45, 7) is 9.28. The Morgan fingerprint density at radius 2 is 1.00 bits per heavy atom. The molecule has 0 aliphatic rings. The Bertz CT molecular complexity index is 331. The fraction of sp³-hybridized carbons (Fsp3) is 0.667. The first-order valence-electron chi connectivity index (χ1n) is 7.78. The summed E-state index contributed by atoms with van der Waals surface area (Å²) in [5.74, 6) is 0.639. The molecular weight excluding hydrogens is 276 g/mol. The number of hydrogen-bond donors (Lipinski definition) is 0. The standard InChI is InChI=1S/2C9H17NO/c2*1-8(2)9(11)6-5-7-10(3)4/h2*5-6,8H,7H2,1-4H3. The second-order valence-corrected chi connectivity index (χ2v) is 6.44. The van der Waals surface area contributed by atoms with Gasteiger partial charge in [-0.2, -0.15) is 0 Å². The number of rotatable bonds is 8. The molecule has 0 bridgehead atoms. The number of nitrogens with zero attached hydrogens (tertiary/aromatic N) is 2. The van der Waals surface area contributed by atoms with Crippen molar-refractivity contribution in [2.45, 2.75) is 27.7 Å². The zero-order valence-corrected chi connectivity index (χ0v) is 15.6. The van der Waals surface area contributed by atoms with Gasteiger partial charge in [0.05, 0.1) is 0 Å². The SMILES string of the molecule is CC(C)C(=O)C=CCN(C)C.CC(C)C(=O)C=CCN(C)C. The van der Waals surface area contributed by atoms with Crippen molar-refractivity contribution in [3.63, 3.8) is 0 Å². The lowest BCUT2D eigenvalue weighted by molar-refractivity contribution is -0.118. The number of carbonyl (C=O) groups excluding carboxylic acids is 2. The van der Waals surface area contributed by atoms with Crippen LogP contribution in [0, 0.1) is 11.8 Å². The highest BCUT2D eigenvalue weighted by molar-refractivity contribution is 5.91. The molecular formula is C18H34N2O2. The lowest BCUT2D eigenvalue weighted by atomic mass is 10.1. The second kappa shape index (κ2) is 13.4. The molecule has 0 saturated carbocycles. The predicted octanol–water partition coefficient (Wildman–Crippen LogP) is 2.66. The van der Waals surface area contributed by atoms with Gasteiger partial charge >= 0.3 is 0 Å². The van der Waals surface area contributed by atoms with Crippen LogP contribution in [0.1, 0.15) is 27.7 Å². The first-order chi connectivity index (χ1) is 10.1. The quantitative estimate of drug-likeness (QED) is 0.646. The minimum Gasteiger partial charge on any atom is -0.306 e. The summed E-state index contributed by atoms with van der Waals surface area (Å²) in [6, 6.07) is 0. The molecule has 0 saturated heterocycles. The van der Waals surface area contributed by atoms with Crippen molar-refractivity contribution in [2.24, 2.45) is 11.8 Å². The molecule has 0 aliphatic heterocycles. The van der Waals surface area contributed by atoms with E-state index in [-0.39, 0.29) is 23.4 Å². The predicted molar refractivity (Wildman–Crippen MR) is 95.1 cm³/mol. The minimum absolute atomic E-state index is 0.119. The normalized spacial score (nSPS) is 11.8. The van der Waals surface area contributed by atoms with E-state index in [1.807, 2.05) is 77.8 Å². The lowest BCUT2D eigenvalue weighted by Gasteiger charge is -2.03. The highest BCUT2D eigenvalue weighted by atomic mass is 16.1. The maximum Gasteiger partial charge on any atom is 0.157 e. The van der Waals surface area contributed by atoms with Gasteiger partial charge in [-0.3, -0.25) is 9.59 Å². The van der Waals surface area contributed by atoms with E-state index in [2.05, 4.69) is 0 Å². The Hall–Kier alpha value is -1.26. The van der Waals surface area contributed by atoms with Crippen LogP contribution in [0.25, 0.3) is 0 Å². The van der Waals surface area contributed by atoms with Gasteiger partial charge in [-0.15, -0.1) is 0 Å². The Labute approximate surface area is 136 Å². The summed E-state index contributed by atoms with van der Waals surface area (Å²) >= 11 is 0. The van der Waals surface area contributed by atoms with E-state index in [0.29, 0.717) is 0 Å². The van der Waals surface area contributed by atoms with E-state index in [0.717, 1.165) is 13.1 Å². The van der Waals surface area contributed by atoms with Gasteiger partial charge in [0.2, 0.25) is 0 Å². The zero-order valence-electron chi connectivity index (χ0n) is 15.6. The third-order valence-electron chi connectivity index (χ3n) is 2.64. The fourth-order valence-electron chi connectivity index (χ4n) is 1.14. The van der Waals surface area contributed by atoms with Gasteiger partial charge in [0, 0.05) is 24.9 Å². The minimum atomic E-state index is 0.119. The van der Waals surface area contributed by atoms with Crippen LogP contribution < -0.4 is 0 Å². The molecule has 0 N–H and O–H groups in total. The Balaban J connectivity index is 0. The van der Waals surface area contributed by atoms with Crippen LogP contribution in [0.5, 0.6) is 0 Å². The van der Waals surface area contributed by atoms with E-state index in [4.69, 9.17) is 0 Å². The molecule has 4 nitrogen and oxygen atoms in total. The van der Waals surface area contributed by atoms with Crippen LogP contribution >= 0.6 is 0 Å². The fourth-order valence-corrected chi connectivity index (χ4v) is 1.14. The van der Waals surface area contributed by atoms with Crippen molar-refractivity contribution in [1.82, 2.24) is 9.80 Å². The third kappa shape index (κ3) is 16.8. The molecule has 0 radical (unpaired) electrons. The number of likely N-dealkylation sites (N-methyl/N-ethyl adjacent to an activating group) is 2. The maximum atomic E-state index is 11.0.